The van der Waals surface area contributed by atoms with Crippen molar-refractivity contribution in [2.24, 2.45) is 0 Å². The molecule has 0 aromatic carbocycles. The molecule has 0 amide bonds. The Bertz CT molecular complexity index is 1040. The summed E-state index contributed by atoms with van der Waals surface area (Å²) in [5, 5.41) is 10.2. The Kier molecular flexibility index (Phi) is 5.14. The SMILES string of the molecule is CCc1n[nH]c(=O)c(CNc2nc(-c3ccccn3)nc3c2CCC3)c1CC. The van der Waals surface area contributed by atoms with Gasteiger partial charge in [0.15, 0.2) is 5.82 Å². The molecule has 2 N–H and O–H groups in total. The third kappa shape index (κ3) is 3.40. The Morgan fingerprint density at radius 1 is 1.11 bits per heavy atom. The van der Waals surface area contributed by atoms with E-state index in [-0.39, 0.29) is 5.56 Å². The van der Waals surface area contributed by atoms with Gasteiger partial charge in [0, 0.05) is 29.6 Å². The average molecular weight is 376 g/mol. The monoisotopic (exact) mass is 376 g/mol. The Morgan fingerprint density at radius 2 is 2.00 bits per heavy atom. The first kappa shape index (κ1) is 18.3. The van der Waals surface area contributed by atoms with E-state index in [4.69, 9.17) is 9.97 Å². The highest BCUT2D eigenvalue weighted by Crippen LogP contribution is 2.29. The lowest BCUT2D eigenvalue weighted by molar-refractivity contribution is 0.825. The molecule has 0 radical (unpaired) electrons. The van der Waals surface area contributed by atoms with Crippen molar-refractivity contribution >= 4 is 5.82 Å². The van der Waals surface area contributed by atoms with Gasteiger partial charge in [0.05, 0.1) is 5.69 Å². The van der Waals surface area contributed by atoms with Crippen LogP contribution in [-0.2, 0) is 32.2 Å². The molecule has 7 heteroatoms. The van der Waals surface area contributed by atoms with Crippen molar-refractivity contribution in [1.29, 1.82) is 0 Å². The number of nitrogens with zero attached hydrogens (tertiary/aromatic N) is 4. The molecule has 0 saturated carbocycles. The van der Waals surface area contributed by atoms with E-state index in [1.54, 1.807) is 6.20 Å². The molecule has 3 aromatic rings. The Morgan fingerprint density at radius 3 is 2.75 bits per heavy atom. The predicted molar refractivity (Wildman–Crippen MR) is 108 cm³/mol. The van der Waals surface area contributed by atoms with Crippen LogP contribution in [0.25, 0.3) is 11.5 Å². The lowest BCUT2D eigenvalue weighted by Gasteiger charge is -2.14. The van der Waals surface area contributed by atoms with Gasteiger partial charge in [-0.3, -0.25) is 9.78 Å². The van der Waals surface area contributed by atoms with E-state index in [1.807, 2.05) is 25.1 Å². The van der Waals surface area contributed by atoms with Crippen LogP contribution in [0.1, 0.15) is 48.3 Å². The van der Waals surface area contributed by atoms with E-state index in [0.717, 1.165) is 71.7 Å². The van der Waals surface area contributed by atoms with Crippen molar-refractivity contribution < 1.29 is 0 Å². The summed E-state index contributed by atoms with van der Waals surface area (Å²) in [5.41, 5.74) is 5.54. The molecule has 3 heterocycles. The summed E-state index contributed by atoms with van der Waals surface area (Å²) in [6, 6.07) is 5.72. The summed E-state index contributed by atoms with van der Waals surface area (Å²) in [6.45, 7) is 4.52. The van der Waals surface area contributed by atoms with E-state index >= 15 is 0 Å². The number of hydrogen-bond acceptors (Lipinski definition) is 6. The van der Waals surface area contributed by atoms with Gasteiger partial charge >= 0.3 is 0 Å². The molecule has 0 spiro atoms. The van der Waals surface area contributed by atoms with Crippen molar-refractivity contribution in [2.45, 2.75) is 52.5 Å². The molecule has 0 aliphatic heterocycles. The summed E-state index contributed by atoms with van der Waals surface area (Å²) in [5.74, 6) is 1.43. The molecular weight excluding hydrogens is 352 g/mol. The Hall–Kier alpha value is -3.09. The predicted octanol–water partition coefficient (Wildman–Crippen LogP) is 2.85. The second-order valence-electron chi connectivity index (χ2n) is 6.91. The zero-order valence-corrected chi connectivity index (χ0v) is 16.2. The van der Waals surface area contributed by atoms with Crippen molar-refractivity contribution in [3.05, 3.63) is 62.8 Å². The summed E-state index contributed by atoms with van der Waals surface area (Å²) >= 11 is 0. The minimum absolute atomic E-state index is 0.141. The molecule has 0 bridgehead atoms. The van der Waals surface area contributed by atoms with E-state index in [2.05, 4.69) is 27.4 Å². The molecule has 0 unspecified atom stereocenters. The number of H-pyrrole nitrogens is 1. The molecule has 0 saturated heterocycles. The van der Waals surface area contributed by atoms with Crippen molar-refractivity contribution in [3.63, 3.8) is 0 Å². The third-order valence-corrected chi connectivity index (χ3v) is 5.23. The van der Waals surface area contributed by atoms with Crippen LogP contribution in [-0.4, -0.2) is 25.1 Å². The molecule has 144 valence electrons. The van der Waals surface area contributed by atoms with E-state index < -0.39 is 0 Å². The van der Waals surface area contributed by atoms with Gasteiger partial charge in [-0.2, -0.15) is 5.10 Å². The highest BCUT2D eigenvalue weighted by molar-refractivity contribution is 5.58. The summed E-state index contributed by atoms with van der Waals surface area (Å²) in [7, 11) is 0. The van der Waals surface area contributed by atoms with Crippen LogP contribution >= 0.6 is 0 Å². The number of aromatic nitrogens is 5. The van der Waals surface area contributed by atoms with Gasteiger partial charge in [-0.15, -0.1) is 0 Å². The maximum Gasteiger partial charge on any atom is 0.269 e. The van der Waals surface area contributed by atoms with Crippen LogP contribution < -0.4 is 10.9 Å². The van der Waals surface area contributed by atoms with E-state index in [1.165, 1.54) is 0 Å². The topological polar surface area (TPSA) is 96.5 Å². The van der Waals surface area contributed by atoms with Crippen LogP contribution in [0, 0.1) is 0 Å². The minimum atomic E-state index is -0.141. The molecular formula is C21H24N6O. The minimum Gasteiger partial charge on any atom is -0.365 e. The Labute approximate surface area is 163 Å². The molecule has 0 fully saturated rings. The number of pyridine rings is 1. The van der Waals surface area contributed by atoms with Crippen molar-refractivity contribution in [3.8, 4) is 11.5 Å². The zero-order valence-electron chi connectivity index (χ0n) is 16.2. The first-order valence-electron chi connectivity index (χ1n) is 9.85. The molecule has 7 nitrogen and oxygen atoms in total. The summed E-state index contributed by atoms with van der Waals surface area (Å²) < 4.78 is 0. The van der Waals surface area contributed by atoms with Crippen LogP contribution in [0.2, 0.25) is 0 Å². The molecule has 1 aliphatic rings. The molecule has 28 heavy (non-hydrogen) atoms. The normalized spacial score (nSPS) is 12.8. The highest BCUT2D eigenvalue weighted by atomic mass is 16.1. The van der Waals surface area contributed by atoms with Gasteiger partial charge in [0.1, 0.15) is 11.5 Å². The standard InChI is InChI=1S/C21H24N6O/c1-3-13-15(21(28)27-26-16(13)4-2)12-23-19-14-8-7-10-17(14)24-20(25-19)18-9-5-6-11-22-18/h5-6,9,11H,3-4,7-8,10,12H2,1-2H3,(H,27,28)(H,23,24,25). The maximum atomic E-state index is 12.4. The van der Waals surface area contributed by atoms with Crippen molar-refractivity contribution in [2.75, 3.05) is 5.32 Å². The molecule has 1 aliphatic carbocycles. The fourth-order valence-electron chi connectivity index (χ4n) is 3.82. The quantitative estimate of drug-likeness (QED) is 0.687. The third-order valence-electron chi connectivity index (χ3n) is 5.23. The van der Waals surface area contributed by atoms with E-state index in [9.17, 15) is 4.79 Å². The lowest BCUT2D eigenvalue weighted by atomic mass is 10.0. The van der Waals surface area contributed by atoms with Crippen LogP contribution in [0.3, 0.4) is 0 Å². The fourth-order valence-corrected chi connectivity index (χ4v) is 3.82. The molecule has 0 atom stereocenters. The second kappa shape index (κ2) is 7.88. The van der Waals surface area contributed by atoms with Gasteiger partial charge in [-0.05, 0) is 49.8 Å². The number of anilines is 1. The van der Waals surface area contributed by atoms with Gasteiger partial charge < -0.3 is 5.32 Å². The summed E-state index contributed by atoms with van der Waals surface area (Å²) in [4.78, 5) is 26.3. The van der Waals surface area contributed by atoms with Crippen LogP contribution in [0.5, 0.6) is 0 Å². The number of nitrogens with one attached hydrogen (secondary N) is 2. The number of hydrogen-bond donors (Lipinski definition) is 2. The highest BCUT2D eigenvalue weighted by Gasteiger charge is 2.21. The van der Waals surface area contributed by atoms with Crippen LogP contribution in [0.4, 0.5) is 5.82 Å². The first-order valence-corrected chi connectivity index (χ1v) is 9.85. The lowest BCUT2D eigenvalue weighted by Crippen LogP contribution is -2.22. The number of fused-ring (bicyclic) bond motifs is 1. The largest absolute Gasteiger partial charge is 0.365 e. The second-order valence-corrected chi connectivity index (χ2v) is 6.91. The van der Waals surface area contributed by atoms with Gasteiger partial charge in [0.2, 0.25) is 0 Å². The van der Waals surface area contributed by atoms with E-state index in [0.29, 0.717) is 12.4 Å². The van der Waals surface area contributed by atoms with Gasteiger partial charge in [-0.1, -0.05) is 19.9 Å². The Balaban J connectivity index is 1.70. The average Bonchev–Trinajstić information content (AvgIpc) is 3.22. The van der Waals surface area contributed by atoms with Crippen LogP contribution in [0.15, 0.2) is 29.2 Å². The molecule has 4 rings (SSSR count). The number of aryl methyl sites for hydroxylation is 2. The zero-order chi connectivity index (χ0) is 19.5. The summed E-state index contributed by atoms with van der Waals surface area (Å²) in [6.07, 6.45) is 6.28. The van der Waals surface area contributed by atoms with Gasteiger partial charge in [0.25, 0.3) is 5.56 Å². The van der Waals surface area contributed by atoms with Crippen molar-refractivity contribution in [1.82, 2.24) is 25.1 Å². The number of rotatable bonds is 6. The maximum absolute atomic E-state index is 12.4. The smallest absolute Gasteiger partial charge is 0.269 e. The first-order chi connectivity index (χ1) is 13.7. The molecule has 3 aromatic heterocycles. The number of aromatic amines is 1. The fraction of sp³-hybridized carbons (Fsp3) is 0.381. The van der Waals surface area contributed by atoms with Gasteiger partial charge in [-0.25, -0.2) is 15.1 Å².